The van der Waals surface area contributed by atoms with Gasteiger partial charge in [-0.15, -0.1) is 0 Å². The molecule has 0 aliphatic heterocycles. The first-order valence-electron chi connectivity index (χ1n) is 9.96. The Kier molecular flexibility index (Phi) is 19.2. The van der Waals surface area contributed by atoms with Gasteiger partial charge in [0.15, 0.2) is 0 Å². The average Bonchev–Trinajstić information content (AvgIpc) is 2.75. The number of hydrogen-bond acceptors (Lipinski definition) is 13. The van der Waals surface area contributed by atoms with Crippen molar-refractivity contribution >= 4 is 74.4 Å². The Morgan fingerprint density at radius 3 is 1.19 bits per heavy atom. The van der Waals surface area contributed by atoms with E-state index in [1.165, 1.54) is 0 Å². The van der Waals surface area contributed by atoms with Crippen molar-refractivity contribution in [3.8, 4) is 0 Å². The Labute approximate surface area is 210 Å². The van der Waals surface area contributed by atoms with Crippen molar-refractivity contribution < 1.29 is 42.9 Å². The summed E-state index contributed by atoms with van der Waals surface area (Å²) in [5.41, 5.74) is -1.15. The smallest absolute Gasteiger partial charge is 0.306 e. The predicted octanol–water partition coefficient (Wildman–Crippen LogP) is 1.44. The average molecular weight is 533 g/mol. The molecule has 0 bridgehead atoms. The van der Waals surface area contributed by atoms with E-state index in [4.69, 9.17) is 23.7 Å². The molecular weight excluding hydrogens is 500 g/mol. The monoisotopic (exact) mass is 532 g/mol. The Morgan fingerprint density at radius 1 is 0.500 bits per heavy atom. The molecule has 0 spiro atoms. The fraction of sp³-hybridized carbons (Fsp3) is 0.789. The molecule has 0 aliphatic rings. The third-order valence-corrected chi connectivity index (χ3v) is 4.68. The quantitative estimate of drug-likeness (QED) is 0.0849. The van der Waals surface area contributed by atoms with Gasteiger partial charge in [-0.05, 0) is 0 Å². The van der Waals surface area contributed by atoms with Crippen LogP contribution in [-0.2, 0) is 42.9 Å². The molecule has 0 aliphatic carbocycles. The minimum absolute atomic E-state index is 0.00100. The summed E-state index contributed by atoms with van der Waals surface area (Å²) in [5, 5.41) is 0. The SMILES string of the molecule is O=C(CCS)OCCOCC(COC(=O)CCS)(COC(=O)CCS)COC(=O)CCS. The van der Waals surface area contributed by atoms with Crippen molar-refractivity contribution in [2.75, 3.05) is 62.7 Å². The van der Waals surface area contributed by atoms with Gasteiger partial charge in [0.2, 0.25) is 0 Å². The highest BCUT2D eigenvalue weighted by molar-refractivity contribution is 7.80. The van der Waals surface area contributed by atoms with Crippen molar-refractivity contribution in [3.63, 3.8) is 0 Å². The summed E-state index contributed by atoms with van der Waals surface area (Å²) < 4.78 is 26.4. The van der Waals surface area contributed by atoms with Crippen LogP contribution < -0.4 is 0 Å². The van der Waals surface area contributed by atoms with Crippen molar-refractivity contribution in [1.29, 1.82) is 0 Å². The lowest BCUT2D eigenvalue weighted by Gasteiger charge is -2.32. The Bertz CT molecular complexity index is 520. The van der Waals surface area contributed by atoms with Gasteiger partial charge in [0, 0.05) is 23.0 Å². The van der Waals surface area contributed by atoms with E-state index in [0.29, 0.717) is 23.0 Å². The van der Waals surface area contributed by atoms with Gasteiger partial charge >= 0.3 is 23.9 Å². The maximum absolute atomic E-state index is 11.9. The van der Waals surface area contributed by atoms with Crippen LogP contribution in [0.3, 0.4) is 0 Å². The summed E-state index contributed by atoms with van der Waals surface area (Å²) in [7, 11) is 0. The molecule has 0 heterocycles. The zero-order chi connectivity index (χ0) is 24.2. The van der Waals surface area contributed by atoms with E-state index in [1.807, 2.05) is 0 Å². The molecule has 13 heteroatoms. The molecule has 0 saturated heterocycles. The standard InChI is InChI=1S/C19H32O9S4/c20-15(1-7-29)25-6-5-24-11-19(12-26-16(21)2-8-30,13-27-17(22)3-9-31)14-28-18(23)4-10-32/h29-32H,1-14H2. The third kappa shape index (κ3) is 15.9. The van der Waals surface area contributed by atoms with Gasteiger partial charge in [-0.3, -0.25) is 19.2 Å². The van der Waals surface area contributed by atoms with Gasteiger partial charge in [0.05, 0.1) is 44.3 Å². The van der Waals surface area contributed by atoms with Crippen molar-refractivity contribution in [3.05, 3.63) is 0 Å². The first-order valence-corrected chi connectivity index (χ1v) is 12.5. The maximum atomic E-state index is 11.9. The minimum atomic E-state index is -1.15. The molecule has 186 valence electrons. The van der Waals surface area contributed by atoms with Crippen LogP contribution in [0.15, 0.2) is 0 Å². The Balaban J connectivity index is 5.19. The van der Waals surface area contributed by atoms with Crippen molar-refractivity contribution in [2.24, 2.45) is 5.41 Å². The lowest BCUT2D eigenvalue weighted by molar-refractivity contribution is -0.168. The second kappa shape index (κ2) is 19.7. The first kappa shape index (κ1) is 31.2. The predicted molar refractivity (Wildman–Crippen MR) is 131 cm³/mol. The molecule has 0 fully saturated rings. The van der Waals surface area contributed by atoms with Crippen LogP contribution in [-0.4, -0.2) is 86.5 Å². The van der Waals surface area contributed by atoms with Crippen LogP contribution in [0.2, 0.25) is 0 Å². The van der Waals surface area contributed by atoms with E-state index in [0.717, 1.165) is 0 Å². The number of carbonyl (C=O) groups is 4. The largest absolute Gasteiger partial charge is 0.465 e. The van der Waals surface area contributed by atoms with Crippen molar-refractivity contribution in [2.45, 2.75) is 25.7 Å². The third-order valence-electron chi connectivity index (χ3n) is 3.78. The topological polar surface area (TPSA) is 114 Å². The zero-order valence-electron chi connectivity index (χ0n) is 17.9. The molecule has 0 N–H and O–H groups in total. The number of thiol groups is 4. The molecule has 9 nitrogen and oxygen atoms in total. The summed E-state index contributed by atoms with van der Waals surface area (Å²) in [4.78, 5) is 47.0. The summed E-state index contributed by atoms with van der Waals surface area (Å²) in [5.74, 6) is -0.655. The van der Waals surface area contributed by atoms with Gasteiger partial charge in [0.1, 0.15) is 26.4 Å². The number of rotatable bonds is 19. The van der Waals surface area contributed by atoms with Gasteiger partial charge in [-0.25, -0.2) is 0 Å². The molecule has 0 aromatic heterocycles. The minimum Gasteiger partial charge on any atom is -0.465 e. The summed E-state index contributed by atoms with van der Waals surface area (Å²) in [6.45, 7) is -0.710. The van der Waals surface area contributed by atoms with E-state index in [1.54, 1.807) is 0 Å². The summed E-state index contributed by atoms with van der Waals surface area (Å²) >= 11 is 15.9. The lowest BCUT2D eigenvalue weighted by Crippen LogP contribution is -2.43. The number of hydrogen-bond donors (Lipinski definition) is 4. The van der Waals surface area contributed by atoms with Gasteiger partial charge in [-0.1, -0.05) is 0 Å². The van der Waals surface area contributed by atoms with Crippen LogP contribution in [0.5, 0.6) is 0 Å². The molecular formula is C19H32O9S4. The van der Waals surface area contributed by atoms with E-state index < -0.39 is 29.3 Å². The second-order valence-electron chi connectivity index (χ2n) is 6.65. The van der Waals surface area contributed by atoms with E-state index in [-0.39, 0.29) is 65.3 Å². The van der Waals surface area contributed by atoms with Crippen LogP contribution in [0.4, 0.5) is 0 Å². The highest BCUT2D eigenvalue weighted by Gasteiger charge is 2.36. The summed E-state index contributed by atoms with van der Waals surface area (Å²) in [6.07, 6.45) is 0.427. The summed E-state index contributed by atoms with van der Waals surface area (Å²) in [6, 6.07) is 0. The molecule has 0 unspecified atom stereocenters. The van der Waals surface area contributed by atoms with Crippen molar-refractivity contribution in [1.82, 2.24) is 0 Å². The Hall–Kier alpha value is -0.760. The maximum Gasteiger partial charge on any atom is 0.306 e. The number of carbonyl (C=O) groups excluding carboxylic acids is 4. The molecule has 0 radical (unpaired) electrons. The first-order chi connectivity index (χ1) is 15.3. The highest BCUT2D eigenvalue weighted by Crippen LogP contribution is 2.22. The van der Waals surface area contributed by atoms with E-state index >= 15 is 0 Å². The second-order valence-corrected chi connectivity index (χ2v) is 8.44. The van der Waals surface area contributed by atoms with E-state index in [2.05, 4.69) is 50.5 Å². The fourth-order valence-corrected chi connectivity index (χ4v) is 2.84. The van der Waals surface area contributed by atoms with Gasteiger partial charge in [0.25, 0.3) is 0 Å². The van der Waals surface area contributed by atoms with Gasteiger partial charge < -0.3 is 23.7 Å². The molecule has 0 aromatic rings. The molecule has 0 amide bonds. The molecule has 0 atom stereocenters. The molecule has 0 rings (SSSR count). The lowest BCUT2D eigenvalue weighted by atomic mass is 9.92. The number of ether oxygens (including phenoxy) is 5. The molecule has 32 heavy (non-hydrogen) atoms. The van der Waals surface area contributed by atoms with Crippen LogP contribution in [0, 0.1) is 5.41 Å². The molecule has 0 aromatic carbocycles. The zero-order valence-corrected chi connectivity index (χ0v) is 21.4. The Morgan fingerprint density at radius 2 is 0.844 bits per heavy atom. The normalized spacial score (nSPS) is 11.0. The highest BCUT2D eigenvalue weighted by atomic mass is 32.1. The molecule has 0 saturated carbocycles. The van der Waals surface area contributed by atoms with E-state index in [9.17, 15) is 19.2 Å². The van der Waals surface area contributed by atoms with Crippen LogP contribution >= 0.6 is 50.5 Å². The van der Waals surface area contributed by atoms with Gasteiger partial charge in [-0.2, -0.15) is 50.5 Å². The fourth-order valence-electron chi connectivity index (χ4n) is 2.11. The van der Waals surface area contributed by atoms with Crippen LogP contribution in [0.1, 0.15) is 25.7 Å². The van der Waals surface area contributed by atoms with Crippen LogP contribution in [0.25, 0.3) is 0 Å². The number of esters is 4.